The third-order valence-corrected chi connectivity index (χ3v) is 4.39. The van der Waals surface area contributed by atoms with Gasteiger partial charge in [-0.15, -0.1) is 0 Å². The Balaban J connectivity index is 3.64. The third-order valence-electron chi connectivity index (χ3n) is 4.39. The molecule has 26 heavy (non-hydrogen) atoms. The third kappa shape index (κ3) is 12.7. The molecule has 0 aliphatic rings. The summed E-state index contributed by atoms with van der Waals surface area (Å²) in [7, 11) is 1.36. The first kappa shape index (κ1) is 24.4. The maximum atomic E-state index is 12.0. The lowest BCUT2D eigenvalue weighted by Crippen LogP contribution is -2.25. The molecule has 0 saturated carbocycles. The van der Waals surface area contributed by atoms with Gasteiger partial charge in [0.2, 0.25) is 0 Å². The quantitative estimate of drug-likeness (QED) is 0.344. The minimum absolute atomic E-state index is 0.104. The molecule has 0 bridgehead atoms. The first-order valence-corrected chi connectivity index (χ1v) is 9.92. The van der Waals surface area contributed by atoms with Crippen LogP contribution in [-0.4, -0.2) is 38.1 Å². The summed E-state index contributed by atoms with van der Waals surface area (Å²) in [5.74, 6) is -0.400. The predicted octanol–water partition coefficient (Wildman–Crippen LogP) is 4.26. The Morgan fingerprint density at radius 2 is 1.62 bits per heavy atom. The smallest absolute Gasteiger partial charge is 0.407 e. The molecule has 0 rings (SSSR count). The van der Waals surface area contributed by atoms with Crippen molar-refractivity contribution >= 4 is 17.8 Å². The number of esters is 1. The molecule has 6 nitrogen and oxygen atoms in total. The van der Waals surface area contributed by atoms with Crippen LogP contribution in [0.15, 0.2) is 0 Å². The number of unbranched alkanes of at least 4 members (excludes halogenated alkanes) is 5. The van der Waals surface area contributed by atoms with Crippen molar-refractivity contribution in [1.29, 1.82) is 0 Å². The van der Waals surface area contributed by atoms with E-state index in [2.05, 4.69) is 12.2 Å². The molecule has 0 fully saturated rings. The van der Waals surface area contributed by atoms with Crippen LogP contribution in [0.2, 0.25) is 0 Å². The fourth-order valence-electron chi connectivity index (χ4n) is 2.62. The summed E-state index contributed by atoms with van der Waals surface area (Å²) in [4.78, 5) is 35.0. The largest absolute Gasteiger partial charge is 0.469 e. The molecular formula is C20H37NO5. The summed E-state index contributed by atoms with van der Waals surface area (Å²) >= 11 is 0. The van der Waals surface area contributed by atoms with E-state index in [0.717, 1.165) is 44.9 Å². The Hall–Kier alpha value is -1.59. The topological polar surface area (TPSA) is 81.7 Å². The van der Waals surface area contributed by atoms with E-state index in [1.807, 2.05) is 13.8 Å². The molecule has 0 spiro atoms. The van der Waals surface area contributed by atoms with Crippen molar-refractivity contribution in [3.05, 3.63) is 0 Å². The zero-order valence-electron chi connectivity index (χ0n) is 17.0. The van der Waals surface area contributed by atoms with Crippen LogP contribution < -0.4 is 5.32 Å². The van der Waals surface area contributed by atoms with Crippen LogP contribution in [0.3, 0.4) is 0 Å². The van der Waals surface area contributed by atoms with E-state index >= 15 is 0 Å². The van der Waals surface area contributed by atoms with Gasteiger partial charge in [-0.25, -0.2) is 4.79 Å². The van der Waals surface area contributed by atoms with Gasteiger partial charge in [-0.1, -0.05) is 46.5 Å². The van der Waals surface area contributed by atoms with Crippen molar-refractivity contribution < 1.29 is 23.9 Å². The van der Waals surface area contributed by atoms with Crippen LogP contribution in [0, 0.1) is 11.8 Å². The van der Waals surface area contributed by atoms with Gasteiger partial charge in [0.15, 0.2) is 0 Å². The normalized spacial score (nSPS) is 11.9. The number of amides is 1. The molecular weight excluding hydrogens is 334 g/mol. The lowest BCUT2D eigenvalue weighted by molar-refractivity contribution is -0.148. The molecule has 1 atom stereocenters. The molecule has 6 heteroatoms. The lowest BCUT2D eigenvalue weighted by Gasteiger charge is -2.17. The number of ether oxygens (including phenoxy) is 2. The van der Waals surface area contributed by atoms with Crippen LogP contribution in [0.1, 0.15) is 78.6 Å². The first-order chi connectivity index (χ1) is 12.4. The van der Waals surface area contributed by atoms with Crippen LogP contribution in [-0.2, 0) is 19.1 Å². The van der Waals surface area contributed by atoms with Crippen LogP contribution in [0.25, 0.3) is 0 Å². The number of carbonyl (C=O) groups excluding carboxylic acids is 3. The van der Waals surface area contributed by atoms with E-state index in [4.69, 9.17) is 9.47 Å². The number of hydrogen-bond donors (Lipinski definition) is 1. The number of nitrogens with one attached hydrogen (secondary N) is 1. The number of ketones is 1. The van der Waals surface area contributed by atoms with Crippen molar-refractivity contribution in [3.63, 3.8) is 0 Å². The fourth-order valence-corrected chi connectivity index (χ4v) is 2.62. The Morgan fingerprint density at radius 1 is 0.962 bits per heavy atom. The van der Waals surface area contributed by atoms with Gasteiger partial charge >= 0.3 is 12.1 Å². The molecule has 1 amide bonds. The first-order valence-electron chi connectivity index (χ1n) is 9.92. The molecule has 0 aromatic heterocycles. The SMILES string of the molecule is CCCCOC(=O)NCCCCCCCC(=O)CC(C(=O)OC)C(C)C. The molecule has 0 radical (unpaired) electrons. The maximum absolute atomic E-state index is 12.0. The highest BCUT2D eigenvalue weighted by Crippen LogP contribution is 2.19. The minimum Gasteiger partial charge on any atom is -0.469 e. The summed E-state index contributed by atoms with van der Waals surface area (Å²) in [6.45, 7) is 7.02. The van der Waals surface area contributed by atoms with Gasteiger partial charge < -0.3 is 14.8 Å². The number of rotatable bonds is 15. The molecule has 0 aliphatic heterocycles. The maximum Gasteiger partial charge on any atom is 0.407 e. The standard InChI is InChI=1S/C20H37NO5/c1-5-6-14-26-20(24)21-13-11-9-7-8-10-12-17(22)15-18(16(2)3)19(23)25-4/h16,18H,5-15H2,1-4H3,(H,21,24). The Morgan fingerprint density at radius 3 is 2.23 bits per heavy atom. The van der Waals surface area contributed by atoms with Crippen molar-refractivity contribution in [1.82, 2.24) is 5.32 Å². The summed E-state index contributed by atoms with van der Waals surface area (Å²) in [5, 5.41) is 2.74. The Bertz CT molecular complexity index is 409. The van der Waals surface area contributed by atoms with Crippen molar-refractivity contribution in [2.24, 2.45) is 11.8 Å². The average Bonchev–Trinajstić information content (AvgIpc) is 2.61. The van der Waals surface area contributed by atoms with Crippen LogP contribution in [0.5, 0.6) is 0 Å². The van der Waals surface area contributed by atoms with Gasteiger partial charge in [0.05, 0.1) is 19.6 Å². The van der Waals surface area contributed by atoms with E-state index in [1.54, 1.807) is 0 Å². The monoisotopic (exact) mass is 371 g/mol. The predicted molar refractivity (Wildman–Crippen MR) is 102 cm³/mol. The summed E-state index contributed by atoms with van der Waals surface area (Å²) in [6.07, 6.45) is 7.14. The van der Waals surface area contributed by atoms with Crippen molar-refractivity contribution in [2.45, 2.75) is 78.6 Å². The van der Waals surface area contributed by atoms with E-state index in [9.17, 15) is 14.4 Å². The molecule has 0 saturated heterocycles. The number of carbonyl (C=O) groups is 3. The van der Waals surface area contributed by atoms with E-state index < -0.39 is 0 Å². The van der Waals surface area contributed by atoms with Crippen LogP contribution in [0.4, 0.5) is 4.79 Å². The molecule has 0 heterocycles. The number of alkyl carbamates (subject to hydrolysis) is 1. The highest BCUT2D eigenvalue weighted by molar-refractivity contribution is 5.84. The Labute approximate surface area is 158 Å². The van der Waals surface area contributed by atoms with Gasteiger partial charge in [-0.2, -0.15) is 0 Å². The van der Waals surface area contributed by atoms with E-state index in [-0.39, 0.29) is 36.1 Å². The molecule has 152 valence electrons. The minimum atomic E-state index is -0.339. The zero-order valence-corrected chi connectivity index (χ0v) is 17.0. The van der Waals surface area contributed by atoms with E-state index in [1.165, 1.54) is 7.11 Å². The van der Waals surface area contributed by atoms with Crippen molar-refractivity contribution in [2.75, 3.05) is 20.3 Å². The highest BCUT2D eigenvalue weighted by Gasteiger charge is 2.25. The van der Waals surface area contributed by atoms with E-state index in [0.29, 0.717) is 19.6 Å². The molecule has 1 N–H and O–H groups in total. The molecule has 1 unspecified atom stereocenters. The average molecular weight is 372 g/mol. The second-order valence-electron chi connectivity index (χ2n) is 7.05. The second kappa shape index (κ2) is 15.6. The fraction of sp³-hybridized carbons (Fsp3) is 0.850. The summed E-state index contributed by atoms with van der Waals surface area (Å²) in [5.41, 5.74) is 0. The summed E-state index contributed by atoms with van der Waals surface area (Å²) in [6, 6.07) is 0. The Kier molecular flexibility index (Phi) is 14.7. The van der Waals surface area contributed by atoms with Gasteiger partial charge in [0.25, 0.3) is 0 Å². The molecule has 0 aromatic rings. The summed E-state index contributed by atoms with van der Waals surface area (Å²) < 4.78 is 9.78. The van der Waals surface area contributed by atoms with Gasteiger partial charge in [0.1, 0.15) is 5.78 Å². The molecule has 0 aromatic carbocycles. The van der Waals surface area contributed by atoms with Gasteiger partial charge in [-0.3, -0.25) is 9.59 Å². The van der Waals surface area contributed by atoms with Gasteiger partial charge in [-0.05, 0) is 25.2 Å². The van der Waals surface area contributed by atoms with Gasteiger partial charge in [0, 0.05) is 19.4 Å². The second-order valence-corrected chi connectivity index (χ2v) is 7.05. The van der Waals surface area contributed by atoms with Crippen LogP contribution >= 0.6 is 0 Å². The zero-order chi connectivity index (χ0) is 19.8. The van der Waals surface area contributed by atoms with Crippen molar-refractivity contribution in [3.8, 4) is 0 Å². The lowest BCUT2D eigenvalue weighted by atomic mass is 9.89. The number of methoxy groups -OCH3 is 1. The highest BCUT2D eigenvalue weighted by atomic mass is 16.5. The number of Topliss-reactive ketones (excluding diaryl/α,β-unsaturated/α-hetero) is 1. The number of hydrogen-bond acceptors (Lipinski definition) is 5. The molecule has 0 aliphatic carbocycles.